The number of imidazole rings is 2. The zero-order valence-electron chi connectivity index (χ0n) is 18.1. The first kappa shape index (κ1) is 25.6. The Morgan fingerprint density at radius 1 is 1.37 bits per heavy atom. The van der Waals surface area contributed by atoms with Crippen LogP contribution in [0.15, 0.2) is 29.8 Å². The quantitative estimate of drug-likeness (QED) is 0.100. The van der Waals surface area contributed by atoms with Crippen LogP contribution in [0.2, 0.25) is 0 Å². The van der Waals surface area contributed by atoms with Gasteiger partial charge in [-0.25, -0.2) is 23.0 Å². The number of nitrogens with one attached hydrogen (secondary N) is 1. The summed E-state index contributed by atoms with van der Waals surface area (Å²) >= 11 is 0. The van der Waals surface area contributed by atoms with Gasteiger partial charge in [-0.15, -0.1) is 0 Å². The molecule has 20 heteroatoms. The first-order chi connectivity index (χ1) is 16.3. The number of aliphatic hydroxyl groups is 2. The summed E-state index contributed by atoms with van der Waals surface area (Å²) in [5, 5.41) is 21.6. The molecule has 192 valence electrons. The molecule has 0 spiro atoms. The van der Waals surface area contributed by atoms with Gasteiger partial charge in [0.1, 0.15) is 18.5 Å². The Balaban J connectivity index is 1.58. The third-order valence-corrected chi connectivity index (χ3v) is 8.09. The van der Waals surface area contributed by atoms with Crippen LogP contribution in [-0.4, -0.2) is 75.6 Å². The second-order valence-electron chi connectivity index (χ2n) is 7.50. The first-order valence-corrected chi connectivity index (χ1v) is 12.7. The van der Waals surface area contributed by atoms with E-state index in [1.54, 1.807) is 0 Å². The average Bonchev–Trinajstić information content (AvgIpc) is 3.43. The Bertz CT molecular complexity index is 1390. The molecule has 0 bridgehead atoms. The highest BCUT2D eigenvalue weighted by atomic mass is 31.3. The van der Waals surface area contributed by atoms with Gasteiger partial charge < -0.3 is 35.2 Å². The number of ether oxygens (including phenoxy) is 2. The molecule has 35 heavy (non-hydrogen) atoms. The van der Waals surface area contributed by atoms with Gasteiger partial charge in [-0.05, 0) is 0 Å². The molecule has 0 radical (unpaired) electrons. The molecule has 18 nitrogen and oxygen atoms in total. The molecular weight excluding hydrogens is 516 g/mol. The standard InChI is InChI=1S/C15H21N7O11P2/c1-20-7-22(11-9(20)12(23)19-14(16)18-11)13-15(24,25)10(30-2)8(32-13)5-31-35(28,29)33-34(26,27)21-4-3-17-6-21/h3-4,6-8,10,13,24-25H,5H2,1-2H3,(H4-,16,18,19,23,26,27,28,29)/p+1/t8-,10+,13-/m1/s1. The molecule has 2 unspecified atom stereocenters. The maximum absolute atomic E-state index is 12.3. The number of H-pyrrole nitrogens is 1. The number of nitrogens with zero attached hydrogens (tertiary/aromatic N) is 5. The Morgan fingerprint density at radius 2 is 2.09 bits per heavy atom. The molecule has 0 saturated carbocycles. The van der Waals surface area contributed by atoms with Gasteiger partial charge in [-0.2, -0.15) is 13.9 Å². The van der Waals surface area contributed by atoms with Gasteiger partial charge in [-0.1, -0.05) is 0 Å². The molecule has 5 atom stereocenters. The van der Waals surface area contributed by atoms with Crippen molar-refractivity contribution in [2.24, 2.45) is 7.05 Å². The lowest BCUT2D eigenvalue weighted by Gasteiger charge is -2.25. The van der Waals surface area contributed by atoms with Crippen LogP contribution < -0.4 is 15.9 Å². The zero-order chi connectivity index (χ0) is 25.8. The lowest BCUT2D eigenvalue weighted by atomic mass is 10.1. The van der Waals surface area contributed by atoms with Crippen molar-refractivity contribution in [1.82, 2.24) is 23.9 Å². The Morgan fingerprint density at radius 3 is 2.71 bits per heavy atom. The topological polar surface area (TPSA) is 250 Å². The van der Waals surface area contributed by atoms with E-state index in [0.29, 0.717) is 4.34 Å². The highest BCUT2D eigenvalue weighted by Gasteiger charge is 2.60. The second kappa shape index (κ2) is 8.86. The molecule has 1 aliphatic rings. The number of aromatic amines is 1. The van der Waals surface area contributed by atoms with Crippen molar-refractivity contribution in [2.45, 2.75) is 24.2 Å². The van der Waals surface area contributed by atoms with E-state index >= 15 is 0 Å². The molecule has 1 fully saturated rings. The number of fused-ring (bicyclic) bond motifs is 1. The van der Waals surface area contributed by atoms with Gasteiger partial charge >= 0.3 is 21.1 Å². The first-order valence-electron chi connectivity index (χ1n) is 9.66. The summed E-state index contributed by atoms with van der Waals surface area (Å²) in [5.41, 5.74) is 5.00. The largest absolute Gasteiger partial charge is 0.480 e. The third-order valence-electron chi connectivity index (χ3n) is 5.11. The molecule has 0 amide bonds. The maximum Gasteiger partial charge on any atom is 0.480 e. The SMILES string of the molecule is CO[C@H]1[C@@H](COP(=O)(O)OP(=O)(O)n2ccnc2)O[C@@H](n2c[n+](C)c3c(=O)[nH]c(N)nc32)C1(O)O. The molecule has 7 N–H and O–H groups in total. The number of aryl methyl sites for hydroxylation is 1. The zero-order valence-corrected chi connectivity index (χ0v) is 19.9. The predicted molar refractivity (Wildman–Crippen MR) is 112 cm³/mol. The molecule has 4 rings (SSSR count). The lowest BCUT2D eigenvalue weighted by Crippen LogP contribution is -2.48. The third kappa shape index (κ3) is 4.68. The number of phosphoric acid groups is 1. The maximum atomic E-state index is 12.3. The van der Waals surface area contributed by atoms with Gasteiger partial charge in [0.15, 0.2) is 0 Å². The molecule has 1 aliphatic heterocycles. The number of hydrogen-bond donors (Lipinski definition) is 6. The van der Waals surface area contributed by atoms with Gasteiger partial charge in [0.05, 0.1) is 13.7 Å². The van der Waals surface area contributed by atoms with E-state index in [-0.39, 0.29) is 17.1 Å². The van der Waals surface area contributed by atoms with Crippen LogP contribution in [0.1, 0.15) is 6.23 Å². The molecule has 4 heterocycles. The fraction of sp³-hybridized carbons (Fsp3) is 0.467. The normalized spacial score (nSPS) is 25.5. The van der Waals surface area contributed by atoms with E-state index in [4.69, 9.17) is 19.7 Å². The summed E-state index contributed by atoms with van der Waals surface area (Å²) in [7, 11) is -7.39. The molecule has 0 aliphatic carbocycles. The van der Waals surface area contributed by atoms with Gasteiger partial charge in [0.25, 0.3) is 23.2 Å². The molecule has 3 aromatic heterocycles. The van der Waals surface area contributed by atoms with Gasteiger partial charge in [0.2, 0.25) is 12.3 Å². The number of methoxy groups -OCH3 is 1. The average molecular weight is 538 g/mol. The summed E-state index contributed by atoms with van der Waals surface area (Å²) in [6.07, 6.45) is -0.235. The van der Waals surface area contributed by atoms with Crippen molar-refractivity contribution in [1.29, 1.82) is 0 Å². The number of aromatic nitrogens is 6. The van der Waals surface area contributed by atoms with Crippen molar-refractivity contribution < 1.29 is 52.0 Å². The van der Waals surface area contributed by atoms with E-state index in [0.717, 1.165) is 30.4 Å². The summed E-state index contributed by atoms with van der Waals surface area (Å²) < 4.78 is 47.4. The van der Waals surface area contributed by atoms with E-state index in [1.807, 2.05) is 0 Å². The summed E-state index contributed by atoms with van der Waals surface area (Å²) in [5.74, 6) is -3.00. The Hall–Kier alpha value is -2.50. The van der Waals surface area contributed by atoms with Crippen LogP contribution in [0, 0.1) is 0 Å². The minimum atomic E-state index is -5.17. The summed E-state index contributed by atoms with van der Waals surface area (Å²) in [6, 6.07) is 0. The summed E-state index contributed by atoms with van der Waals surface area (Å²) in [4.78, 5) is 42.0. The molecule has 0 aromatic carbocycles. The number of phosphoric ester groups is 1. The molecule has 1 saturated heterocycles. The second-order valence-corrected chi connectivity index (χ2v) is 10.8. The van der Waals surface area contributed by atoms with E-state index in [2.05, 4.69) is 19.3 Å². The van der Waals surface area contributed by atoms with Crippen LogP contribution in [0.5, 0.6) is 0 Å². The van der Waals surface area contributed by atoms with Crippen molar-refractivity contribution in [2.75, 3.05) is 19.5 Å². The highest BCUT2D eigenvalue weighted by Crippen LogP contribution is 2.60. The monoisotopic (exact) mass is 538 g/mol. The molecular formula is C15H22N7O11P2+. The fourth-order valence-electron chi connectivity index (χ4n) is 3.68. The lowest BCUT2D eigenvalue weighted by molar-refractivity contribution is -0.646. The van der Waals surface area contributed by atoms with Crippen LogP contribution in [-0.2, 0) is 34.5 Å². The number of anilines is 1. The highest BCUT2D eigenvalue weighted by molar-refractivity contribution is 7.63. The van der Waals surface area contributed by atoms with E-state index in [1.165, 1.54) is 17.9 Å². The van der Waals surface area contributed by atoms with Crippen molar-refractivity contribution >= 4 is 32.7 Å². The Kier molecular flexibility index (Phi) is 6.48. The number of nitrogens with two attached hydrogens (primary N) is 1. The summed E-state index contributed by atoms with van der Waals surface area (Å²) in [6.45, 7) is -0.836. The smallest absolute Gasteiger partial charge is 0.373 e. The number of rotatable bonds is 8. The Labute approximate surface area is 195 Å². The number of nitrogen functional groups attached to an aromatic ring is 1. The molecule has 3 aromatic rings. The van der Waals surface area contributed by atoms with Crippen LogP contribution in [0.4, 0.5) is 5.95 Å². The number of hydrogen-bond acceptors (Lipinski definition) is 12. The van der Waals surface area contributed by atoms with Crippen molar-refractivity contribution in [3.05, 3.63) is 35.4 Å². The fourth-order valence-corrected chi connectivity index (χ4v) is 6.04. The van der Waals surface area contributed by atoms with Crippen molar-refractivity contribution in [3.8, 4) is 0 Å². The van der Waals surface area contributed by atoms with Crippen LogP contribution >= 0.6 is 15.6 Å². The van der Waals surface area contributed by atoms with E-state index in [9.17, 15) is 33.9 Å². The van der Waals surface area contributed by atoms with Crippen LogP contribution in [0.3, 0.4) is 0 Å². The van der Waals surface area contributed by atoms with Gasteiger partial charge in [-0.3, -0.25) is 14.3 Å². The predicted octanol–water partition coefficient (Wildman–Crippen LogP) is -2.30. The van der Waals surface area contributed by atoms with Crippen molar-refractivity contribution in [3.63, 3.8) is 0 Å². The van der Waals surface area contributed by atoms with Gasteiger partial charge in [0, 0.05) is 19.5 Å². The minimum Gasteiger partial charge on any atom is -0.373 e. The minimum absolute atomic E-state index is 0.0405. The van der Waals surface area contributed by atoms with Crippen LogP contribution in [0.25, 0.3) is 11.2 Å². The van der Waals surface area contributed by atoms with E-state index < -0.39 is 52.0 Å².